The fraction of sp³-hybridized carbons (Fsp3) is 0.167. The van der Waals surface area contributed by atoms with Crippen LogP contribution in [0.25, 0.3) is 21.7 Å². The highest BCUT2D eigenvalue weighted by molar-refractivity contribution is 6.27. The molecule has 8 heteroatoms. The van der Waals surface area contributed by atoms with Crippen molar-refractivity contribution in [3.05, 3.63) is 71.7 Å². The number of piperidine rings is 1. The number of aromatic amines is 1. The number of nitrogens with one attached hydrogen (secondary N) is 2. The lowest BCUT2D eigenvalue weighted by molar-refractivity contribution is -0.134. The average Bonchev–Trinajstić information content (AvgIpc) is 3.35. The summed E-state index contributed by atoms with van der Waals surface area (Å²) in [6.07, 6.45) is 4.69. The first kappa shape index (κ1) is 18.7. The molecule has 4 heterocycles. The van der Waals surface area contributed by atoms with E-state index in [0.717, 1.165) is 21.9 Å². The van der Waals surface area contributed by atoms with Crippen molar-refractivity contribution in [2.75, 3.05) is 4.90 Å². The van der Waals surface area contributed by atoms with E-state index >= 15 is 0 Å². The van der Waals surface area contributed by atoms with E-state index in [1.165, 1.54) is 4.90 Å². The number of amides is 3. The molecule has 2 aliphatic rings. The van der Waals surface area contributed by atoms with Gasteiger partial charge in [-0.3, -0.25) is 29.6 Å². The molecule has 2 unspecified atom stereocenters. The van der Waals surface area contributed by atoms with Gasteiger partial charge in [0, 0.05) is 40.7 Å². The van der Waals surface area contributed by atoms with Crippen LogP contribution < -0.4 is 10.2 Å². The molecule has 0 radical (unpaired) electrons. The van der Waals surface area contributed by atoms with Crippen LogP contribution in [0.3, 0.4) is 0 Å². The highest BCUT2D eigenvalue weighted by Gasteiger charge is 2.41. The van der Waals surface area contributed by atoms with Crippen LogP contribution in [0.2, 0.25) is 0 Å². The maximum Gasteiger partial charge on any atom is 0.259 e. The number of fused-ring (bicyclic) bond motifs is 1. The third-order valence-corrected chi connectivity index (χ3v) is 6.39. The molecular weight excluding hydrogens is 408 g/mol. The van der Waals surface area contributed by atoms with Crippen LogP contribution in [0.4, 0.5) is 5.69 Å². The van der Waals surface area contributed by atoms with E-state index in [1.54, 1.807) is 42.9 Å². The van der Waals surface area contributed by atoms with E-state index in [1.807, 2.05) is 12.1 Å². The SMILES string of the molecule is O=C1CCC(N2C(=O)c3cccc4c(C(O)c5c[nH]c6cnccc56)ccc2c34)C(=O)N1. The summed E-state index contributed by atoms with van der Waals surface area (Å²) in [4.78, 5) is 46.1. The normalized spacial score (nSPS) is 19.1. The van der Waals surface area contributed by atoms with Crippen LogP contribution in [0.5, 0.6) is 0 Å². The van der Waals surface area contributed by atoms with Gasteiger partial charge >= 0.3 is 0 Å². The van der Waals surface area contributed by atoms with Gasteiger partial charge in [0.15, 0.2) is 0 Å². The number of benzene rings is 2. The van der Waals surface area contributed by atoms with Gasteiger partial charge in [0.2, 0.25) is 11.8 Å². The fourth-order valence-electron chi connectivity index (χ4n) is 4.89. The van der Waals surface area contributed by atoms with Crippen molar-refractivity contribution in [2.24, 2.45) is 0 Å². The molecule has 2 aromatic carbocycles. The van der Waals surface area contributed by atoms with Crippen molar-refractivity contribution < 1.29 is 19.5 Å². The third-order valence-electron chi connectivity index (χ3n) is 6.39. The van der Waals surface area contributed by atoms with Crippen LogP contribution in [-0.4, -0.2) is 38.8 Å². The Hall–Kier alpha value is -4.04. The summed E-state index contributed by atoms with van der Waals surface area (Å²) >= 11 is 0. The Kier molecular flexibility index (Phi) is 3.93. The van der Waals surface area contributed by atoms with Crippen molar-refractivity contribution >= 4 is 45.1 Å². The lowest BCUT2D eigenvalue weighted by Gasteiger charge is -2.30. The van der Waals surface area contributed by atoms with Crippen molar-refractivity contribution in [2.45, 2.75) is 25.0 Å². The number of hydrogen-bond acceptors (Lipinski definition) is 5. The van der Waals surface area contributed by atoms with E-state index < -0.39 is 18.1 Å². The minimum atomic E-state index is -0.921. The molecule has 6 rings (SSSR count). The molecule has 1 fully saturated rings. The number of aliphatic hydroxyl groups is 1. The lowest BCUT2D eigenvalue weighted by atomic mass is 9.94. The van der Waals surface area contributed by atoms with Gasteiger partial charge in [0.25, 0.3) is 5.91 Å². The van der Waals surface area contributed by atoms with Crippen LogP contribution >= 0.6 is 0 Å². The van der Waals surface area contributed by atoms with E-state index in [0.29, 0.717) is 22.2 Å². The first-order valence-electron chi connectivity index (χ1n) is 10.4. The Morgan fingerprint density at radius 1 is 1.06 bits per heavy atom. The number of nitrogens with zero attached hydrogens (tertiary/aromatic N) is 2. The number of rotatable bonds is 3. The van der Waals surface area contributed by atoms with Crippen molar-refractivity contribution in [1.82, 2.24) is 15.3 Å². The summed E-state index contributed by atoms with van der Waals surface area (Å²) in [5.41, 5.74) is 3.32. The summed E-state index contributed by atoms with van der Waals surface area (Å²) in [5, 5.41) is 16.0. The number of anilines is 1. The van der Waals surface area contributed by atoms with Crippen LogP contribution in [0, 0.1) is 0 Å². The number of carbonyl (C=O) groups excluding carboxylic acids is 3. The molecule has 2 aromatic heterocycles. The largest absolute Gasteiger partial charge is 0.384 e. The fourth-order valence-corrected chi connectivity index (χ4v) is 4.89. The van der Waals surface area contributed by atoms with Gasteiger partial charge in [-0.05, 0) is 35.6 Å². The zero-order valence-corrected chi connectivity index (χ0v) is 16.8. The van der Waals surface area contributed by atoms with Crippen molar-refractivity contribution in [1.29, 1.82) is 0 Å². The lowest BCUT2D eigenvalue weighted by Crippen LogP contribution is -2.53. The minimum absolute atomic E-state index is 0.186. The average molecular weight is 426 g/mol. The smallest absolute Gasteiger partial charge is 0.259 e. The molecule has 0 bridgehead atoms. The second-order valence-electron chi connectivity index (χ2n) is 8.11. The topological polar surface area (TPSA) is 115 Å². The maximum absolute atomic E-state index is 13.3. The summed E-state index contributed by atoms with van der Waals surface area (Å²) in [6.45, 7) is 0. The van der Waals surface area contributed by atoms with Crippen LogP contribution in [0.15, 0.2) is 55.0 Å². The molecule has 0 spiro atoms. The van der Waals surface area contributed by atoms with Gasteiger partial charge in [-0.1, -0.05) is 18.2 Å². The Morgan fingerprint density at radius 3 is 2.78 bits per heavy atom. The number of aliphatic hydroxyl groups excluding tert-OH is 1. The molecule has 3 amide bonds. The summed E-state index contributed by atoms with van der Waals surface area (Å²) in [7, 11) is 0. The molecule has 158 valence electrons. The summed E-state index contributed by atoms with van der Waals surface area (Å²) < 4.78 is 0. The van der Waals surface area contributed by atoms with Gasteiger partial charge in [0.05, 0.1) is 17.4 Å². The number of imide groups is 1. The Balaban J connectivity index is 1.49. The van der Waals surface area contributed by atoms with E-state index in [9.17, 15) is 19.5 Å². The number of aromatic nitrogens is 2. The molecule has 8 nitrogen and oxygen atoms in total. The zero-order chi connectivity index (χ0) is 22.0. The monoisotopic (exact) mass is 426 g/mol. The van der Waals surface area contributed by atoms with E-state index in [-0.39, 0.29) is 24.7 Å². The van der Waals surface area contributed by atoms with E-state index in [2.05, 4.69) is 15.3 Å². The Bertz CT molecular complexity index is 1460. The highest BCUT2D eigenvalue weighted by atomic mass is 16.3. The first-order chi connectivity index (χ1) is 15.5. The van der Waals surface area contributed by atoms with Crippen molar-refractivity contribution in [3.63, 3.8) is 0 Å². The second kappa shape index (κ2) is 6.73. The standard InChI is InChI=1S/C24H18N4O4/c29-20-7-6-19(23(31)27-20)28-18-5-4-14(13-2-1-3-15(21(13)18)24(28)32)22(30)16-10-26-17-11-25-9-8-12(16)17/h1-5,8-11,19,22,26,30H,6-7H2,(H,27,29,31). The Labute approximate surface area is 181 Å². The van der Waals surface area contributed by atoms with Crippen LogP contribution in [-0.2, 0) is 9.59 Å². The highest BCUT2D eigenvalue weighted by Crippen LogP contribution is 2.43. The second-order valence-corrected chi connectivity index (χ2v) is 8.11. The van der Waals surface area contributed by atoms with Crippen LogP contribution in [0.1, 0.15) is 40.4 Å². The van der Waals surface area contributed by atoms with Gasteiger partial charge < -0.3 is 10.1 Å². The molecule has 0 aliphatic carbocycles. The quantitative estimate of drug-likeness (QED) is 0.436. The number of pyridine rings is 1. The van der Waals surface area contributed by atoms with Crippen molar-refractivity contribution in [3.8, 4) is 0 Å². The predicted molar refractivity (Wildman–Crippen MR) is 117 cm³/mol. The zero-order valence-electron chi connectivity index (χ0n) is 16.8. The predicted octanol–water partition coefficient (Wildman–Crippen LogP) is 2.56. The third kappa shape index (κ3) is 2.53. The maximum atomic E-state index is 13.3. The Morgan fingerprint density at radius 2 is 1.94 bits per heavy atom. The van der Waals surface area contributed by atoms with E-state index in [4.69, 9.17) is 0 Å². The minimum Gasteiger partial charge on any atom is -0.384 e. The summed E-state index contributed by atoms with van der Waals surface area (Å²) in [6, 6.07) is 10.1. The molecule has 3 N–H and O–H groups in total. The molecular formula is C24H18N4O4. The molecule has 1 saturated heterocycles. The first-order valence-corrected chi connectivity index (χ1v) is 10.4. The summed E-state index contributed by atoms with van der Waals surface area (Å²) in [5.74, 6) is -1.06. The van der Waals surface area contributed by atoms with Gasteiger partial charge in [-0.25, -0.2) is 0 Å². The van der Waals surface area contributed by atoms with Gasteiger partial charge in [-0.2, -0.15) is 0 Å². The number of hydrogen-bond donors (Lipinski definition) is 3. The van der Waals surface area contributed by atoms with Gasteiger partial charge in [-0.15, -0.1) is 0 Å². The molecule has 32 heavy (non-hydrogen) atoms. The molecule has 2 atom stereocenters. The number of carbonyl (C=O) groups is 3. The van der Waals surface area contributed by atoms with Gasteiger partial charge in [0.1, 0.15) is 12.1 Å². The molecule has 4 aromatic rings. The number of H-pyrrole nitrogens is 1. The molecule has 2 aliphatic heterocycles. The molecule has 0 saturated carbocycles.